The first-order valence-electron chi connectivity index (χ1n) is 8.53. The predicted molar refractivity (Wildman–Crippen MR) is 102 cm³/mol. The van der Waals surface area contributed by atoms with E-state index in [2.05, 4.69) is 17.4 Å². The van der Waals surface area contributed by atoms with Gasteiger partial charge in [0, 0.05) is 10.9 Å². The lowest BCUT2D eigenvalue weighted by Crippen LogP contribution is -2.29. The molecule has 3 aromatic carbocycles. The normalized spacial score (nSPS) is 10.7. The molecule has 0 saturated carbocycles. The smallest absolute Gasteiger partial charge is 0.251 e. The number of hydrogen-bond donors (Lipinski definition) is 1. The van der Waals surface area contributed by atoms with Gasteiger partial charge in [-0.1, -0.05) is 54.1 Å². The molecule has 3 nitrogen and oxygen atoms in total. The first-order chi connectivity index (χ1) is 12.1. The van der Waals surface area contributed by atoms with Gasteiger partial charge in [0.25, 0.3) is 5.91 Å². The van der Waals surface area contributed by atoms with Crippen LogP contribution < -0.4 is 10.1 Å². The van der Waals surface area contributed by atoms with Crippen LogP contribution in [0, 0.1) is 20.8 Å². The van der Waals surface area contributed by atoms with Crippen LogP contribution in [0.1, 0.15) is 27.0 Å². The molecular weight excluding hydrogens is 310 g/mol. The molecule has 3 rings (SSSR count). The molecule has 0 heterocycles. The van der Waals surface area contributed by atoms with Crippen LogP contribution in [0.5, 0.6) is 5.75 Å². The van der Waals surface area contributed by atoms with Crippen LogP contribution in [0.15, 0.2) is 54.6 Å². The molecular formula is C22H23NO2. The molecule has 0 aromatic heterocycles. The maximum Gasteiger partial charge on any atom is 0.251 e. The summed E-state index contributed by atoms with van der Waals surface area (Å²) < 4.78 is 5.87. The number of hydrogen-bond acceptors (Lipinski definition) is 2. The zero-order valence-electron chi connectivity index (χ0n) is 14.9. The first-order valence-corrected chi connectivity index (χ1v) is 8.53. The van der Waals surface area contributed by atoms with E-state index in [0.29, 0.717) is 13.2 Å². The lowest BCUT2D eigenvalue weighted by molar-refractivity contribution is 0.0946. The van der Waals surface area contributed by atoms with Crippen molar-refractivity contribution in [3.05, 3.63) is 76.9 Å². The van der Waals surface area contributed by atoms with E-state index >= 15 is 0 Å². The highest BCUT2D eigenvalue weighted by Gasteiger charge is 2.12. The van der Waals surface area contributed by atoms with Crippen molar-refractivity contribution in [1.29, 1.82) is 0 Å². The number of amides is 1. The van der Waals surface area contributed by atoms with Gasteiger partial charge < -0.3 is 10.1 Å². The quantitative estimate of drug-likeness (QED) is 0.694. The molecule has 3 aromatic rings. The molecule has 0 bridgehead atoms. The number of aryl methyl sites for hydroxylation is 3. The standard InChI is InChI=1S/C22H23NO2/c1-15-13-16(2)21(17(3)14-15)22(24)23-11-12-25-20-10-6-8-18-7-4-5-9-19(18)20/h4-10,13-14H,11-12H2,1-3H3,(H,23,24). The van der Waals surface area contributed by atoms with Gasteiger partial charge in [-0.3, -0.25) is 4.79 Å². The molecule has 3 heteroatoms. The fourth-order valence-electron chi connectivity index (χ4n) is 3.27. The minimum atomic E-state index is -0.0449. The summed E-state index contributed by atoms with van der Waals surface area (Å²) in [6.45, 7) is 6.89. The Hall–Kier alpha value is -2.81. The number of carbonyl (C=O) groups excluding carboxylic acids is 1. The van der Waals surface area contributed by atoms with E-state index in [1.54, 1.807) is 0 Å². The molecule has 0 unspecified atom stereocenters. The monoisotopic (exact) mass is 333 g/mol. The molecule has 0 aliphatic heterocycles. The van der Waals surface area contributed by atoms with Crippen molar-refractivity contribution in [2.75, 3.05) is 13.2 Å². The molecule has 128 valence electrons. The summed E-state index contributed by atoms with van der Waals surface area (Å²) in [6.07, 6.45) is 0. The van der Waals surface area contributed by atoms with Crippen molar-refractivity contribution in [2.45, 2.75) is 20.8 Å². The van der Waals surface area contributed by atoms with Crippen LogP contribution in [0.25, 0.3) is 10.8 Å². The second kappa shape index (κ2) is 7.39. The highest BCUT2D eigenvalue weighted by molar-refractivity contribution is 5.97. The molecule has 0 radical (unpaired) electrons. The number of nitrogens with one attached hydrogen (secondary N) is 1. The molecule has 1 amide bonds. The molecule has 0 spiro atoms. The summed E-state index contributed by atoms with van der Waals surface area (Å²) in [5.41, 5.74) is 3.94. The average molecular weight is 333 g/mol. The maximum atomic E-state index is 12.5. The van der Waals surface area contributed by atoms with Crippen LogP contribution >= 0.6 is 0 Å². The number of carbonyl (C=O) groups is 1. The largest absolute Gasteiger partial charge is 0.491 e. The third-order valence-electron chi connectivity index (χ3n) is 4.30. The third kappa shape index (κ3) is 3.82. The number of benzene rings is 3. The summed E-state index contributed by atoms with van der Waals surface area (Å²) in [4.78, 5) is 12.5. The summed E-state index contributed by atoms with van der Waals surface area (Å²) >= 11 is 0. The SMILES string of the molecule is Cc1cc(C)c(C(=O)NCCOc2cccc3ccccc23)c(C)c1. The Morgan fingerprint density at radius 2 is 1.64 bits per heavy atom. The van der Waals surface area contributed by atoms with Gasteiger partial charge in [-0.25, -0.2) is 0 Å². The Bertz CT molecular complexity index is 887. The molecule has 0 aliphatic rings. The number of fused-ring (bicyclic) bond motifs is 1. The Morgan fingerprint density at radius 1 is 0.960 bits per heavy atom. The minimum absolute atomic E-state index is 0.0449. The summed E-state index contributed by atoms with van der Waals surface area (Å²) in [5.74, 6) is 0.798. The highest BCUT2D eigenvalue weighted by atomic mass is 16.5. The molecule has 1 N–H and O–H groups in total. The van der Waals surface area contributed by atoms with Gasteiger partial charge in [-0.2, -0.15) is 0 Å². The van der Waals surface area contributed by atoms with Crippen molar-refractivity contribution in [1.82, 2.24) is 5.32 Å². The second-order valence-electron chi connectivity index (χ2n) is 6.36. The van der Waals surface area contributed by atoms with Crippen LogP contribution in [0.3, 0.4) is 0 Å². The topological polar surface area (TPSA) is 38.3 Å². The Labute approximate surface area is 148 Å². The Balaban J connectivity index is 1.61. The van der Waals surface area contributed by atoms with Crippen LogP contribution in [-0.4, -0.2) is 19.1 Å². The van der Waals surface area contributed by atoms with Crippen molar-refractivity contribution < 1.29 is 9.53 Å². The van der Waals surface area contributed by atoms with Crippen LogP contribution in [0.4, 0.5) is 0 Å². The van der Waals surface area contributed by atoms with Gasteiger partial charge in [0.2, 0.25) is 0 Å². The molecule has 0 saturated heterocycles. The predicted octanol–water partition coefficient (Wildman–Crippen LogP) is 4.57. The summed E-state index contributed by atoms with van der Waals surface area (Å²) in [6, 6.07) is 18.2. The van der Waals surface area contributed by atoms with Gasteiger partial charge in [-0.05, 0) is 43.4 Å². The van der Waals surface area contributed by atoms with Gasteiger partial charge in [0.05, 0.1) is 6.54 Å². The van der Waals surface area contributed by atoms with Gasteiger partial charge >= 0.3 is 0 Å². The second-order valence-corrected chi connectivity index (χ2v) is 6.36. The Morgan fingerprint density at radius 3 is 2.40 bits per heavy atom. The van der Waals surface area contributed by atoms with E-state index < -0.39 is 0 Å². The van der Waals surface area contributed by atoms with E-state index in [4.69, 9.17) is 4.74 Å². The van der Waals surface area contributed by atoms with E-state index in [0.717, 1.165) is 33.2 Å². The van der Waals surface area contributed by atoms with Gasteiger partial charge in [0.1, 0.15) is 12.4 Å². The van der Waals surface area contributed by atoms with Crippen LogP contribution in [0.2, 0.25) is 0 Å². The van der Waals surface area contributed by atoms with Gasteiger partial charge in [-0.15, -0.1) is 0 Å². The van der Waals surface area contributed by atoms with E-state index in [1.165, 1.54) is 5.56 Å². The molecule has 0 fully saturated rings. The third-order valence-corrected chi connectivity index (χ3v) is 4.30. The van der Waals surface area contributed by atoms with E-state index in [9.17, 15) is 4.79 Å². The lowest BCUT2D eigenvalue weighted by atomic mass is 9.99. The van der Waals surface area contributed by atoms with E-state index in [-0.39, 0.29) is 5.91 Å². The van der Waals surface area contributed by atoms with Crippen molar-refractivity contribution in [3.8, 4) is 5.75 Å². The fraction of sp³-hybridized carbons (Fsp3) is 0.227. The first kappa shape index (κ1) is 17.0. The fourth-order valence-corrected chi connectivity index (χ4v) is 3.27. The lowest BCUT2D eigenvalue weighted by Gasteiger charge is -2.13. The summed E-state index contributed by atoms with van der Waals surface area (Å²) in [5, 5.41) is 5.19. The molecule has 25 heavy (non-hydrogen) atoms. The van der Waals surface area contributed by atoms with E-state index in [1.807, 2.05) is 63.2 Å². The zero-order valence-corrected chi connectivity index (χ0v) is 14.9. The number of rotatable bonds is 5. The molecule has 0 atom stereocenters. The minimum Gasteiger partial charge on any atom is -0.491 e. The van der Waals surface area contributed by atoms with Crippen molar-refractivity contribution >= 4 is 16.7 Å². The van der Waals surface area contributed by atoms with Crippen molar-refractivity contribution in [3.63, 3.8) is 0 Å². The summed E-state index contributed by atoms with van der Waals surface area (Å²) in [7, 11) is 0. The van der Waals surface area contributed by atoms with Crippen molar-refractivity contribution in [2.24, 2.45) is 0 Å². The highest BCUT2D eigenvalue weighted by Crippen LogP contribution is 2.24. The molecule has 0 aliphatic carbocycles. The van der Waals surface area contributed by atoms with Gasteiger partial charge in [0.15, 0.2) is 0 Å². The maximum absolute atomic E-state index is 12.5. The number of ether oxygens (including phenoxy) is 1. The zero-order chi connectivity index (χ0) is 17.8. The average Bonchev–Trinajstić information content (AvgIpc) is 2.58. The van der Waals surface area contributed by atoms with Crippen LogP contribution in [-0.2, 0) is 0 Å². The Kier molecular flexibility index (Phi) is 5.03.